The van der Waals surface area contributed by atoms with Crippen LogP contribution >= 0.6 is 17.0 Å². The zero-order chi connectivity index (χ0) is 15.4. The standard InChI is InChI=1S/C18H18.2ClH.Zr/c1-12-7-13(2)10-16(9-12)17-6-4-5-15-8-14(3)11-18(15)17;;;/h4-7,9-11H,8H2,1-3H3;2*1H;/q;;;+2/p-2. The van der Waals surface area contributed by atoms with E-state index in [9.17, 15) is 0 Å². The van der Waals surface area contributed by atoms with E-state index in [2.05, 4.69) is 63.2 Å². The fourth-order valence-electron chi connectivity index (χ4n) is 2.92. The predicted octanol–water partition coefficient (Wildman–Crippen LogP) is 6.31. The summed E-state index contributed by atoms with van der Waals surface area (Å²) in [6.07, 6.45) is 3.44. The van der Waals surface area contributed by atoms with Gasteiger partial charge >= 0.3 is 37.9 Å². The molecule has 0 unspecified atom stereocenters. The summed E-state index contributed by atoms with van der Waals surface area (Å²) in [5.41, 5.74) is 9.72. The average molecular weight is 396 g/mol. The van der Waals surface area contributed by atoms with Gasteiger partial charge in [0.15, 0.2) is 0 Å². The summed E-state index contributed by atoms with van der Waals surface area (Å²) in [5.74, 6) is 0. The van der Waals surface area contributed by atoms with Crippen molar-refractivity contribution in [3.05, 3.63) is 64.2 Å². The zero-order valence-electron chi connectivity index (χ0n) is 12.5. The van der Waals surface area contributed by atoms with Crippen molar-refractivity contribution in [1.82, 2.24) is 0 Å². The Balaban J connectivity index is 0.000000497. The van der Waals surface area contributed by atoms with Gasteiger partial charge in [-0.2, -0.15) is 0 Å². The maximum absolute atomic E-state index is 4.93. The summed E-state index contributed by atoms with van der Waals surface area (Å²) in [6, 6.07) is 13.5. The van der Waals surface area contributed by atoms with Crippen LogP contribution in [0.2, 0.25) is 0 Å². The Hall–Kier alpha value is -0.357. The van der Waals surface area contributed by atoms with Crippen molar-refractivity contribution >= 4 is 23.1 Å². The molecule has 0 saturated carbocycles. The van der Waals surface area contributed by atoms with E-state index in [-0.39, 0.29) is 0 Å². The minimum absolute atomic E-state index is 0.826. The molecule has 3 rings (SSSR count). The number of benzene rings is 2. The van der Waals surface area contributed by atoms with Gasteiger partial charge in [-0.1, -0.05) is 59.2 Å². The second kappa shape index (κ2) is 7.77. The molecule has 0 spiro atoms. The molecule has 2 aromatic carbocycles. The van der Waals surface area contributed by atoms with Gasteiger partial charge in [-0.25, -0.2) is 0 Å². The molecule has 0 saturated heterocycles. The fraction of sp³-hybridized carbons (Fsp3) is 0.222. The second-order valence-electron chi connectivity index (χ2n) is 5.49. The summed E-state index contributed by atoms with van der Waals surface area (Å²) < 4.78 is 0. The Labute approximate surface area is 145 Å². The van der Waals surface area contributed by atoms with E-state index in [0.29, 0.717) is 0 Å². The number of aryl methyl sites for hydroxylation is 2. The van der Waals surface area contributed by atoms with E-state index >= 15 is 0 Å². The molecule has 0 amide bonds. The van der Waals surface area contributed by atoms with Gasteiger partial charge in [-0.15, -0.1) is 0 Å². The first-order chi connectivity index (χ1) is 10.0. The van der Waals surface area contributed by atoms with Gasteiger partial charge < -0.3 is 0 Å². The van der Waals surface area contributed by atoms with Crippen molar-refractivity contribution in [2.75, 3.05) is 0 Å². The molecule has 0 radical (unpaired) electrons. The van der Waals surface area contributed by atoms with Gasteiger partial charge in [0.1, 0.15) is 0 Å². The topological polar surface area (TPSA) is 0 Å². The SMILES string of the molecule is CC1=Cc2c(cccc2-c2cc(C)cc(C)c2)C1.[Cl][Zr][Cl]. The third-order valence-corrected chi connectivity index (χ3v) is 3.59. The summed E-state index contributed by atoms with van der Waals surface area (Å²) >= 11 is -0.826. The first-order valence-corrected chi connectivity index (χ1v) is 13.2. The van der Waals surface area contributed by atoms with Crippen LogP contribution in [0.25, 0.3) is 17.2 Å². The molecule has 1 aliphatic carbocycles. The van der Waals surface area contributed by atoms with Crippen LogP contribution in [0.1, 0.15) is 29.2 Å². The molecule has 0 bridgehead atoms. The van der Waals surface area contributed by atoms with Crippen LogP contribution in [0, 0.1) is 13.8 Å². The van der Waals surface area contributed by atoms with Crippen molar-refractivity contribution in [3.8, 4) is 11.1 Å². The van der Waals surface area contributed by atoms with E-state index in [1.54, 1.807) is 0 Å². The van der Waals surface area contributed by atoms with Crippen LogP contribution in [0.4, 0.5) is 0 Å². The fourth-order valence-corrected chi connectivity index (χ4v) is 2.92. The molecule has 108 valence electrons. The first kappa shape index (κ1) is 17.0. The number of fused-ring (bicyclic) bond motifs is 1. The van der Waals surface area contributed by atoms with E-state index in [0.717, 1.165) is 6.42 Å². The van der Waals surface area contributed by atoms with E-state index in [4.69, 9.17) is 17.0 Å². The van der Waals surface area contributed by atoms with Gasteiger partial charge in [0, 0.05) is 0 Å². The second-order valence-corrected chi connectivity index (χ2v) is 9.23. The third-order valence-electron chi connectivity index (χ3n) is 3.59. The van der Waals surface area contributed by atoms with E-state index in [1.807, 2.05) is 0 Å². The molecular weight excluding hydrogens is 378 g/mol. The van der Waals surface area contributed by atoms with Crippen LogP contribution in [-0.4, -0.2) is 0 Å². The van der Waals surface area contributed by atoms with E-state index in [1.165, 1.54) is 39.0 Å². The van der Waals surface area contributed by atoms with Crippen molar-refractivity contribution in [2.45, 2.75) is 27.2 Å². The number of hydrogen-bond acceptors (Lipinski definition) is 0. The van der Waals surface area contributed by atoms with Crippen molar-refractivity contribution in [3.63, 3.8) is 0 Å². The summed E-state index contributed by atoms with van der Waals surface area (Å²) in [4.78, 5) is 0. The molecule has 1 aliphatic rings. The molecule has 0 aromatic heterocycles. The molecule has 21 heavy (non-hydrogen) atoms. The van der Waals surface area contributed by atoms with Gasteiger partial charge in [0.05, 0.1) is 0 Å². The number of allylic oxidation sites excluding steroid dienone is 1. The van der Waals surface area contributed by atoms with Crippen LogP contribution in [0.5, 0.6) is 0 Å². The van der Waals surface area contributed by atoms with Crippen LogP contribution < -0.4 is 0 Å². The third kappa shape index (κ3) is 4.32. The summed E-state index contributed by atoms with van der Waals surface area (Å²) in [6.45, 7) is 6.55. The Bertz CT molecular complexity index is 655. The Morgan fingerprint density at radius 3 is 2.19 bits per heavy atom. The predicted molar refractivity (Wildman–Crippen MR) is 90.4 cm³/mol. The maximum atomic E-state index is 4.93. The molecule has 0 N–H and O–H groups in total. The molecule has 0 fully saturated rings. The van der Waals surface area contributed by atoms with Crippen LogP contribution in [0.3, 0.4) is 0 Å². The van der Waals surface area contributed by atoms with E-state index < -0.39 is 20.8 Å². The quantitative estimate of drug-likeness (QED) is 0.530. The average Bonchev–Trinajstić information content (AvgIpc) is 2.78. The molecule has 0 heterocycles. The van der Waals surface area contributed by atoms with Gasteiger partial charge in [0.2, 0.25) is 0 Å². The van der Waals surface area contributed by atoms with Crippen molar-refractivity contribution < 1.29 is 20.8 Å². The van der Waals surface area contributed by atoms with Crippen molar-refractivity contribution in [2.24, 2.45) is 0 Å². The number of hydrogen-bond donors (Lipinski definition) is 0. The number of rotatable bonds is 1. The normalized spacial score (nSPS) is 12.1. The van der Waals surface area contributed by atoms with Crippen LogP contribution in [0.15, 0.2) is 42.0 Å². The molecule has 0 nitrogen and oxygen atoms in total. The molecule has 3 heteroatoms. The number of halogens is 2. The van der Waals surface area contributed by atoms with Gasteiger partial charge in [0.25, 0.3) is 0 Å². The Morgan fingerprint density at radius 2 is 1.57 bits per heavy atom. The summed E-state index contributed by atoms with van der Waals surface area (Å²) in [7, 11) is 9.87. The summed E-state index contributed by atoms with van der Waals surface area (Å²) in [5, 5.41) is 0. The van der Waals surface area contributed by atoms with Gasteiger partial charge in [-0.3, -0.25) is 0 Å². The minimum atomic E-state index is -0.826. The molecular formula is C18H18Cl2Zr. The zero-order valence-corrected chi connectivity index (χ0v) is 16.5. The molecule has 0 aliphatic heterocycles. The molecule has 2 aromatic rings. The van der Waals surface area contributed by atoms with Gasteiger partial charge in [-0.05, 0) is 49.4 Å². The van der Waals surface area contributed by atoms with Crippen LogP contribution in [-0.2, 0) is 27.3 Å². The monoisotopic (exact) mass is 394 g/mol. The Morgan fingerprint density at radius 1 is 0.952 bits per heavy atom. The first-order valence-electron chi connectivity index (χ1n) is 6.89. The Kier molecular flexibility index (Phi) is 6.29. The van der Waals surface area contributed by atoms with Crippen molar-refractivity contribution in [1.29, 1.82) is 0 Å². The molecule has 0 atom stereocenters.